The average Bonchev–Trinajstić information content (AvgIpc) is 2.39. The van der Waals surface area contributed by atoms with Gasteiger partial charge in [-0.25, -0.2) is 14.8 Å². The van der Waals surface area contributed by atoms with E-state index >= 15 is 0 Å². The summed E-state index contributed by atoms with van der Waals surface area (Å²) >= 11 is 0. The maximum atomic E-state index is 11.1. The van der Waals surface area contributed by atoms with Crippen molar-refractivity contribution in [2.45, 2.75) is 26.4 Å². The fourth-order valence-corrected chi connectivity index (χ4v) is 2.56. The zero-order valence-electron chi connectivity index (χ0n) is 11.4. The quantitative estimate of drug-likeness (QED) is 0.863. The molecule has 1 aliphatic rings. The molecule has 2 heterocycles. The highest BCUT2D eigenvalue weighted by Crippen LogP contribution is 2.13. The molecule has 0 spiro atoms. The van der Waals surface area contributed by atoms with E-state index in [4.69, 9.17) is 5.11 Å². The number of carboxylic acid groups (broad SMARTS) is 1. The van der Waals surface area contributed by atoms with Gasteiger partial charge in [0.15, 0.2) is 0 Å². The summed E-state index contributed by atoms with van der Waals surface area (Å²) < 4.78 is 0. The average molecular weight is 264 g/mol. The summed E-state index contributed by atoms with van der Waals surface area (Å²) in [7, 11) is 0. The van der Waals surface area contributed by atoms with Gasteiger partial charge in [0.2, 0.25) is 0 Å². The number of rotatable bonds is 4. The number of piperazine rings is 1. The van der Waals surface area contributed by atoms with Crippen LogP contribution in [0.25, 0.3) is 0 Å². The molecule has 0 amide bonds. The van der Waals surface area contributed by atoms with Crippen molar-refractivity contribution in [1.82, 2.24) is 19.8 Å². The minimum absolute atomic E-state index is 0.202. The molecular weight excluding hydrogens is 244 g/mol. The first-order valence-electron chi connectivity index (χ1n) is 6.60. The standard InChI is InChI=1S/C13H20N4O2/c1-3-17-5-4-16(7-10(17)2)8-12-11(13(18)19)6-14-9-15-12/h6,9-10H,3-5,7-8H2,1-2H3,(H,18,19). The summed E-state index contributed by atoms with van der Waals surface area (Å²) in [4.78, 5) is 23.7. The minimum atomic E-state index is -0.962. The van der Waals surface area contributed by atoms with Crippen molar-refractivity contribution in [3.8, 4) is 0 Å². The molecular formula is C13H20N4O2. The zero-order chi connectivity index (χ0) is 13.8. The summed E-state index contributed by atoms with van der Waals surface area (Å²) in [6, 6.07) is 0.494. The number of carboxylic acids is 1. The Bertz CT molecular complexity index is 452. The molecule has 0 aromatic carbocycles. The van der Waals surface area contributed by atoms with E-state index < -0.39 is 5.97 Å². The lowest BCUT2D eigenvalue weighted by molar-refractivity contribution is 0.0684. The van der Waals surface area contributed by atoms with Crippen molar-refractivity contribution in [3.05, 3.63) is 23.8 Å². The fraction of sp³-hybridized carbons (Fsp3) is 0.615. The van der Waals surface area contributed by atoms with Gasteiger partial charge in [-0.3, -0.25) is 9.80 Å². The number of aromatic carboxylic acids is 1. The van der Waals surface area contributed by atoms with Crippen molar-refractivity contribution in [1.29, 1.82) is 0 Å². The Morgan fingerprint density at radius 3 is 2.95 bits per heavy atom. The number of nitrogens with zero attached hydrogens (tertiary/aromatic N) is 4. The smallest absolute Gasteiger partial charge is 0.339 e. The third-order valence-electron chi connectivity index (χ3n) is 3.65. The predicted molar refractivity (Wildman–Crippen MR) is 71.0 cm³/mol. The van der Waals surface area contributed by atoms with Crippen LogP contribution in [0.3, 0.4) is 0 Å². The van der Waals surface area contributed by atoms with Crippen molar-refractivity contribution >= 4 is 5.97 Å². The van der Waals surface area contributed by atoms with Crippen LogP contribution in [0.2, 0.25) is 0 Å². The molecule has 1 saturated heterocycles. The van der Waals surface area contributed by atoms with Crippen molar-refractivity contribution in [2.75, 3.05) is 26.2 Å². The first-order chi connectivity index (χ1) is 9.11. The van der Waals surface area contributed by atoms with Gasteiger partial charge in [0.1, 0.15) is 11.9 Å². The second-order valence-electron chi connectivity index (χ2n) is 4.90. The van der Waals surface area contributed by atoms with Gasteiger partial charge in [0.05, 0.1) is 5.69 Å². The van der Waals surface area contributed by atoms with Gasteiger partial charge in [0.25, 0.3) is 0 Å². The maximum Gasteiger partial charge on any atom is 0.339 e. The highest BCUT2D eigenvalue weighted by Gasteiger charge is 2.23. The number of hydrogen-bond acceptors (Lipinski definition) is 5. The molecule has 1 fully saturated rings. The Hall–Kier alpha value is -1.53. The molecule has 0 aliphatic carbocycles. The highest BCUT2D eigenvalue weighted by atomic mass is 16.4. The second kappa shape index (κ2) is 6.08. The van der Waals surface area contributed by atoms with Crippen LogP contribution in [-0.4, -0.2) is 63.1 Å². The van der Waals surface area contributed by atoms with Crippen LogP contribution in [0.4, 0.5) is 0 Å². The lowest BCUT2D eigenvalue weighted by Crippen LogP contribution is -2.51. The van der Waals surface area contributed by atoms with Crippen LogP contribution >= 0.6 is 0 Å². The summed E-state index contributed by atoms with van der Waals surface area (Å²) in [5, 5.41) is 9.12. The van der Waals surface area contributed by atoms with Gasteiger partial charge < -0.3 is 5.11 Å². The van der Waals surface area contributed by atoms with Gasteiger partial charge in [-0.15, -0.1) is 0 Å². The van der Waals surface area contributed by atoms with E-state index in [1.54, 1.807) is 0 Å². The largest absolute Gasteiger partial charge is 0.478 e. The van der Waals surface area contributed by atoms with Gasteiger partial charge in [-0.2, -0.15) is 0 Å². The molecule has 6 nitrogen and oxygen atoms in total. The van der Waals surface area contributed by atoms with Crippen LogP contribution in [0.1, 0.15) is 29.9 Å². The summed E-state index contributed by atoms with van der Waals surface area (Å²) in [5.41, 5.74) is 0.799. The molecule has 1 aromatic rings. The Morgan fingerprint density at radius 1 is 1.53 bits per heavy atom. The molecule has 0 radical (unpaired) electrons. The number of likely N-dealkylation sites (N-methyl/N-ethyl adjacent to an activating group) is 1. The molecule has 6 heteroatoms. The van der Waals surface area contributed by atoms with Gasteiger partial charge in [0, 0.05) is 38.4 Å². The number of aromatic nitrogens is 2. The van der Waals surface area contributed by atoms with Crippen LogP contribution < -0.4 is 0 Å². The minimum Gasteiger partial charge on any atom is -0.478 e. The Balaban J connectivity index is 2.04. The van der Waals surface area contributed by atoms with Gasteiger partial charge >= 0.3 is 5.97 Å². The van der Waals surface area contributed by atoms with E-state index in [0.29, 0.717) is 18.3 Å². The Labute approximate surface area is 113 Å². The molecule has 1 aromatic heterocycles. The molecule has 1 unspecified atom stereocenters. The summed E-state index contributed by atoms with van der Waals surface area (Å²) in [6.07, 6.45) is 2.78. The number of hydrogen-bond donors (Lipinski definition) is 1. The van der Waals surface area contributed by atoms with Gasteiger partial charge in [-0.05, 0) is 13.5 Å². The molecule has 1 N–H and O–H groups in total. The highest BCUT2D eigenvalue weighted by molar-refractivity contribution is 5.88. The molecule has 1 atom stereocenters. The summed E-state index contributed by atoms with van der Waals surface area (Å²) in [6.45, 7) is 8.91. The third kappa shape index (κ3) is 3.27. The molecule has 104 valence electrons. The lowest BCUT2D eigenvalue weighted by Gasteiger charge is -2.39. The van der Waals surface area contributed by atoms with E-state index in [1.165, 1.54) is 12.5 Å². The maximum absolute atomic E-state index is 11.1. The fourth-order valence-electron chi connectivity index (χ4n) is 2.56. The topological polar surface area (TPSA) is 69.6 Å². The number of carbonyl (C=O) groups is 1. The lowest BCUT2D eigenvalue weighted by atomic mass is 10.1. The van der Waals surface area contributed by atoms with E-state index in [-0.39, 0.29) is 5.56 Å². The summed E-state index contributed by atoms with van der Waals surface area (Å²) in [5.74, 6) is -0.962. The van der Waals surface area contributed by atoms with Crippen LogP contribution in [0.15, 0.2) is 12.5 Å². The molecule has 19 heavy (non-hydrogen) atoms. The molecule has 1 aliphatic heterocycles. The molecule has 0 saturated carbocycles. The zero-order valence-corrected chi connectivity index (χ0v) is 11.4. The Kier molecular flexibility index (Phi) is 4.44. The van der Waals surface area contributed by atoms with Crippen molar-refractivity contribution in [2.24, 2.45) is 0 Å². The predicted octanol–water partition coefficient (Wildman–Crippen LogP) is 0.701. The van der Waals surface area contributed by atoms with Crippen molar-refractivity contribution < 1.29 is 9.90 Å². The van der Waals surface area contributed by atoms with Crippen LogP contribution in [0, 0.1) is 0 Å². The van der Waals surface area contributed by atoms with Crippen LogP contribution in [0.5, 0.6) is 0 Å². The molecule has 0 bridgehead atoms. The normalized spacial score (nSPS) is 21.5. The second-order valence-corrected chi connectivity index (χ2v) is 4.90. The third-order valence-corrected chi connectivity index (χ3v) is 3.65. The first kappa shape index (κ1) is 13.9. The molecule has 2 rings (SSSR count). The van der Waals surface area contributed by atoms with E-state index in [0.717, 1.165) is 26.2 Å². The van der Waals surface area contributed by atoms with Crippen LogP contribution in [-0.2, 0) is 6.54 Å². The van der Waals surface area contributed by atoms with E-state index in [9.17, 15) is 4.79 Å². The monoisotopic (exact) mass is 264 g/mol. The van der Waals surface area contributed by atoms with E-state index in [1.807, 2.05) is 0 Å². The SMILES string of the molecule is CCN1CCN(Cc2ncncc2C(=O)O)CC1C. The Morgan fingerprint density at radius 2 is 2.32 bits per heavy atom. The van der Waals surface area contributed by atoms with Gasteiger partial charge in [-0.1, -0.05) is 6.92 Å². The first-order valence-corrected chi connectivity index (χ1v) is 6.60. The van der Waals surface area contributed by atoms with Crippen molar-refractivity contribution in [3.63, 3.8) is 0 Å². The van der Waals surface area contributed by atoms with E-state index in [2.05, 4.69) is 33.6 Å².